The zero-order chi connectivity index (χ0) is 19.1. The summed E-state index contributed by atoms with van der Waals surface area (Å²) < 4.78 is 4.41. The van der Waals surface area contributed by atoms with Gasteiger partial charge < -0.3 is 5.11 Å². The Morgan fingerprint density at radius 2 is 2.04 bits per heavy atom. The second kappa shape index (κ2) is 6.61. The summed E-state index contributed by atoms with van der Waals surface area (Å²) in [6.07, 6.45) is 0.980. The Balaban J connectivity index is 1.93. The zero-order valence-corrected chi connectivity index (χ0v) is 16.2. The summed E-state index contributed by atoms with van der Waals surface area (Å²) in [6.45, 7) is 3.52. The van der Waals surface area contributed by atoms with Crippen LogP contribution in [0.5, 0.6) is 0 Å². The average Bonchev–Trinajstić information content (AvgIpc) is 3.23. The van der Waals surface area contributed by atoms with Crippen molar-refractivity contribution in [2.75, 3.05) is 0 Å². The summed E-state index contributed by atoms with van der Waals surface area (Å²) in [6, 6.07) is 13.2. The number of hydrogen-bond acceptors (Lipinski definition) is 5. The first-order chi connectivity index (χ1) is 13.0. The summed E-state index contributed by atoms with van der Waals surface area (Å²) in [5.41, 5.74) is 3.44. The van der Waals surface area contributed by atoms with Gasteiger partial charge in [0.05, 0.1) is 17.1 Å². The van der Waals surface area contributed by atoms with Gasteiger partial charge in [0.2, 0.25) is 0 Å². The van der Waals surface area contributed by atoms with Gasteiger partial charge in [-0.2, -0.15) is 10.4 Å². The largest absolute Gasteiger partial charge is 0.389 e. The highest BCUT2D eigenvalue weighted by atomic mass is 79.9. The number of nitrogens with zero attached hydrogens (tertiary/aromatic N) is 6. The van der Waals surface area contributed by atoms with Crippen LogP contribution in [0.2, 0.25) is 0 Å². The fraction of sp³-hybridized carbons (Fsp3) is 0.158. The summed E-state index contributed by atoms with van der Waals surface area (Å²) in [7, 11) is 0. The highest BCUT2D eigenvalue weighted by Gasteiger charge is 2.17. The Hall–Kier alpha value is -3.02. The molecule has 1 N–H and O–H groups in total. The number of rotatable bonds is 3. The van der Waals surface area contributed by atoms with Gasteiger partial charge in [0.1, 0.15) is 18.2 Å². The molecule has 3 aromatic heterocycles. The lowest BCUT2D eigenvalue weighted by Gasteiger charge is -2.14. The lowest BCUT2D eigenvalue weighted by atomic mass is 10.1. The molecular weight excluding hydrogens is 408 g/mol. The molecule has 0 aliphatic carbocycles. The lowest BCUT2D eigenvalue weighted by molar-refractivity contribution is 0.198. The van der Waals surface area contributed by atoms with E-state index >= 15 is 0 Å². The van der Waals surface area contributed by atoms with Crippen molar-refractivity contribution in [1.82, 2.24) is 24.3 Å². The molecule has 0 bridgehead atoms. The molecule has 1 aromatic carbocycles. The van der Waals surface area contributed by atoms with Crippen molar-refractivity contribution in [3.63, 3.8) is 0 Å². The second-order valence-corrected chi connectivity index (χ2v) is 7.12. The number of benzene rings is 1. The van der Waals surface area contributed by atoms with Crippen LogP contribution in [-0.2, 0) is 0 Å². The predicted octanol–water partition coefficient (Wildman–Crippen LogP) is 3.60. The molecule has 4 rings (SSSR count). The molecule has 4 aromatic rings. The topological polar surface area (TPSA) is 92.5 Å². The van der Waals surface area contributed by atoms with Crippen LogP contribution in [0.25, 0.3) is 22.7 Å². The standard InChI is InChI=1S/C19H15BrN6O/c1-11-7-14(9-21)24-26(11)19-15(12(2)27)4-6-18(23-19)25-10-22-16-8-13(20)3-5-17(16)25/h3-8,10,12,27H,1-2H3. The van der Waals surface area contributed by atoms with E-state index in [1.165, 1.54) is 0 Å². The fourth-order valence-electron chi connectivity index (χ4n) is 2.99. The molecule has 0 aliphatic heterocycles. The van der Waals surface area contributed by atoms with Crippen molar-refractivity contribution in [3.05, 3.63) is 64.1 Å². The minimum Gasteiger partial charge on any atom is -0.389 e. The van der Waals surface area contributed by atoms with E-state index < -0.39 is 6.10 Å². The first kappa shape index (κ1) is 17.4. The maximum atomic E-state index is 10.2. The molecule has 134 valence electrons. The molecule has 7 nitrogen and oxygen atoms in total. The van der Waals surface area contributed by atoms with Gasteiger partial charge >= 0.3 is 0 Å². The number of aryl methyl sites for hydroxylation is 1. The Bertz CT molecular complexity index is 1200. The molecule has 0 saturated carbocycles. The monoisotopic (exact) mass is 422 g/mol. The van der Waals surface area contributed by atoms with Crippen LogP contribution >= 0.6 is 15.9 Å². The average molecular weight is 423 g/mol. The maximum Gasteiger partial charge on any atom is 0.163 e. The van der Waals surface area contributed by atoms with Crippen LogP contribution in [0.15, 0.2) is 47.2 Å². The van der Waals surface area contributed by atoms with Crippen molar-refractivity contribution in [3.8, 4) is 17.7 Å². The lowest BCUT2D eigenvalue weighted by Crippen LogP contribution is -2.10. The second-order valence-electron chi connectivity index (χ2n) is 6.20. The minimum absolute atomic E-state index is 0.300. The number of halogens is 1. The van der Waals surface area contributed by atoms with Gasteiger partial charge in [-0.15, -0.1) is 0 Å². The van der Waals surface area contributed by atoms with Crippen LogP contribution in [0.1, 0.15) is 30.0 Å². The number of imidazole rings is 1. The summed E-state index contributed by atoms with van der Waals surface area (Å²) >= 11 is 3.45. The molecule has 1 atom stereocenters. The molecule has 0 radical (unpaired) electrons. The fourth-order valence-corrected chi connectivity index (χ4v) is 3.34. The van der Waals surface area contributed by atoms with E-state index in [0.717, 1.165) is 21.2 Å². The van der Waals surface area contributed by atoms with Crippen molar-refractivity contribution >= 4 is 27.0 Å². The van der Waals surface area contributed by atoms with Crippen LogP contribution < -0.4 is 0 Å². The Labute approximate surface area is 163 Å². The van der Waals surface area contributed by atoms with Gasteiger partial charge in [0.25, 0.3) is 0 Å². The first-order valence-electron chi connectivity index (χ1n) is 8.27. The van der Waals surface area contributed by atoms with Crippen molar-refractivity contribution < 1.29 is 5.11 Å². The Morgan fingerprint density at radius 1 is 1.22 bits per heavy atom. The van der Waals surface area contributed by atoms with E-state index in [-0.39, 0.29) is 0 Å². The number of pyridine rings is 1. The number of nitriles is 1. The van der Waals surface area contributed by atoms with Crippen LogP contribution in [0.3, 0.4) is 0 Å². The third-order valence-electron chi connectivity index (χ3n) is 4.30. The smallest absolute Gasteiger partial charge is 0.163 e. The number of fused-ring (bicyclic) bond motifs is 1. The van der Waals surface area contributed by atoms with Crippen molar-refractivity contribution in [1.29, 1.82) is 5.26 Å². The van der Waals surface area contributed by atoms with Gasteiger partial charge in [0, 0.05) is 15.7 Å². The van der Waals surface area contributed by atoms with E-state index in [9.17, 15) is 5.11 Å². The molecule has 0 spiro atoms. The van der Waals surface area contributed by atoms with Gasteiger partial charge in [-0.3, -0.25) is 4.57 Å². The van der Waals surface area contributed by atoms with E-state index in [4.69, 9.17) is 10.2 Å². The molecule has 0 aliphatic rings. The van der Waals surface area contributed by atoms with Crippen molar-refractivity contribution in [2.24, 2.45) is 0 Å². The quantitative estimate of drug-likeness (QED) is 0.544. The van der Waals surface area contributed by atoms with E-state index in [2.05, 4.69) is 26.0 Å². The van der Waals surface area contributed by atoms with E-state index in [0.29, 0.717) is 22.9 Å². The molecule has 8 heteroatoms. The predicted molar refractivity (Wildman–Crippen MR) is 104 cm³/mol. The van der Waals surface area contributed by atoms with Gasteiger partial charge in [-0.1, -0.05) is 15.9 Å². The van der Waals surface area contributed by atoms with Gasteiger partial charge in [-0.05, 0) is 50.2 Å². The summed E-state index contributed by atoms with van der Waals surface area (Å²) in [4.78, 5) is 9.16. The molecule has 1 unspecified atom stereocenters. The Morgan fingerprint density at radius 3 is 2.74 bits per heavy atom. The van der Waals surface area contributed by atoms with E-state index in [1.807, 2.05) is 47.9 Å². The number of aliphatic hydroxyl groups is 1. The third kappa shape index (κ3) is 3.01. The van der Waals surface area contributed by atoms with Crippen LogP contribution in [0, 0.1) is 18.3 Å². The third-order valence-corrected chi connectivity index (χ3v) is 4.79. The highest BCUT2D eigenvalue weighted by molar-refractivity contribution is 9.10. The van der Waals surface area contributed by atoms with Crippen LogP contribution in [-0.4, -0.2) is 29.4 Å². The summed E-state index contributed by atoms with van der Waals surface area (Å²) in [5.74, 6) is 1.13. The summed E-state index contributed by atoms with van der Waals surface area (Å²) in [5, 5.41) is 23.6. The number of aliphatic hydroxyl groups excluding tert-OH is 1. The maximum absolute atomic E-state index is 10.2. The van der Waals surface area contributed by atoms with Gasteiger partial charge in [-0.25, -0.2) is 14.6 Å². The molecule has 0 saturated heterocycles. The Kier molecular flexibility index (Phi) is 4.26. The molecule has 27 heavy (non-hydrogen) atoms. The molecule has 0 amide bonds. The van der Waals surface area contributed by atoms with Crippen molar-refractivity contribution in [2.45, 2.75) is 20.0 Å². The molecular formula is C19H15BrN6O. The SMILES string of the molecule is Cc1cc(C#N)nn1-c1nc(-n2cnc3cc(Br)ccc32)ccc1C(C)O. The highest BCUT2D eigenvalue weighted by Crippen LogP contribution is 2.25. The van der Waals surface area contributed by atoms with E-state index in [1.54, 1.807) is 24.0 Å². The first-order valence-corrected chi connectivity index (χ1v) is 9.06. The van der Waals surface area contributed by atoms with Crippen LogP contribution in [0.4, 0.5) is 0 Å². The number of aromatic nitrogens is 5. The number of hydrogen-bond donors (Lipinski definition) is 1. The zero-order valence-electron chi connectivity index (χ0n) is 14.6. The molecule has 3 heterocycles. The normalized spacial score (nSPS) is 12.3. The minimum atomic E-state index is -0.730. The van der Waals surface area contributed by atoms with Gasteiger partial charge in [0.15, 0.2) is 11.5 Å². The molecule has 0 fully saturated rings.